The van der Waals surface area contributed by atoms with E-state index in [2.05, 4.69) is 48.4 Å². The summed E-state index contributed by atoms with van der Waals surface area (Å²) in [5.41, 5.74) is 6.05. The van der Waals surface area contributed by atoms with Gasteiger partial charge in [0.15, 0.2) is 0 Å². The van der Waals surface area contributed by atoms with E-state index in [0.717, 1.165) is 48.9 Å². The van der Waals surface area contributed by atoms with Crippen molar-refractivity contribution in [2.24, 2.45) is 0 Å². The summed E-state index contributed by atoms with van der Waals surface area (Å²) in [5.74, 6) is 1.96. The first kappa shape index (κ1) is 22.5. The molecule has 0 saturated carbocycles. The lowest BCUT2D eigenvalue weighted by molar-refractivity contribution is 0.318. The quantitative estimate of drug-likeness (QED) is 0.484. The average Bonchev–Trinajstić information content (AvgIpc) is 2.79. The molecule has 2 aliphatic heterocycles. The van der Waals surface area contributed by atoms with Gasteiger partial charge in [-0.25, -0.2) is 0 Å². The van der Waals surface area contributed by atoms with Crippen LogP contribution in [-0.4, -0.2) is 24.7 Å². The predicted molar refractivity (Wildman–Crippen MR) is 124 cm³/mol. The van der Waals surface area contributed by atoms with E-state index in [4.69, 9.17) is 9.47 Å². The number of rotatable bonds is 0. The number of aromatic nitrogens is 1. The van der Waals surface area contributed by atoms with Crippen molar-refractivity contribution in [1.82, 2.24) is 4.98 Å². The summed E-state index contributed by atoms with van der Waals surface area (Å²) >= 11 is 0. The van der Waals surface area contributed by atoms with Crippen molar-refractivity contribution in [3.63, 3.8) is 0 Å². The number of fused-ring (bicyclic) bond motifs is 1. The fraction of sp³-hybridized carbons (Fsp3) is 0.400. The van der Waals surface area contributed by atoms with E-state index in [1.807, 2.05) is 46.0 Å². The molecule has 3 heterocycles. The number of anilines is 1. The highest BCUT2D eigenvalue weighted by molar-refractivity contribution is 5.91. The Bertz CT molecular complexity index is 912. The van der Waals surface area contributed by atoms with Crippen LogP contribution in [0.3, 0.4) is 0 Å². The van der Waals surface area contributed by atoms with Gasteiger partial charge in [0.05, 0.1) is 17.8 Å². The molecule has 156 valence electrons. The van der Waals surface area contributed by atoms with E-state index in [1.165, 1.54) is 22.1 Å². The maximum atomic E-state index is 5.61. The normalized spacial score (nSPS) is 12.8. The van der Waals surface area contributed by atoms with Gasteiger partial charge in [-0.05, 0) is 54.8 Å². The number of aryl methyl sites for hydroxylation is 2. The molecular formula is C25H34N2O2. The molecular weight excluding hydrogens is 360 g/mol. The first-order valence-electron chi connectivity index (χ1n) is 10.7. The number of benzene rings is 2. The molecule has 2 aromatic carbocycles. The molecule has 2 aliphatic rings. The van der Waals surface area contributed by atoms with E-state index in [1.54, 1.807) is 0 Å². The van der Waals surface area contributed by atoms with Crippen LogP contribution in [-0.2, 0) is 6.42 Å². The fourth-order valence-corrected chi connectivity index (χ4v) is 3.29. The van der Waals surface area contributed by atoms with Crippen molar-refractivity contribution in [2.75, 3.05) is 25.1 Å². The van der Waals surface area contributed by atoms with Crippen molar-refractivity contribution in [1.29, 1.82) is 0 Å². The Balaban J connectivity index is 0.000000181. The molecule has 1 aromatic heterocycles. The SMILES string of the molecule is CC.CC.Cc1ccc2c(c1)NCCO2.Cc1ccc2c3c(ccnc13)CCO2. The summed E-state index contributed by atoms with van der Waals surface area (Å²) in [6.45, 7) is 14.6. The number of hydrogen-bond donors (Lipinski definition) is 1. The lowest BCUT2D eigenvalue weighted by Gasteiger charge is -2.18. The topological polar surface area (TPSA) is 43.4 Å². The van der Waals surface area contributed by atoms with Crippen LogP contribution in [0.5, 0.6) is 11.5 Å². The molecule has 0 fully saturated rings. The van der Waals surface area contributed by atoms with Crippen molar-refractivity contribution >= 4 is 16.6 Å². The molecule has 0 amide bonds. The van der Waals surface area contributed by atoms with Crippen LogP contribution >= 0.6 is 0 Å². The Kier molecular flexibility index (Phi) is 8.78. The minimum Gasteiger partial charge on any atom is -0.493 e. The van der Waals surface area contributed by atoms with Gasteiger partial charge in [-0.2, -0.15) is 0 Å². The van der Waals surface area contributed by atoms with Gasteiger partial charge in [0.2, 0.25) is 0 Å². The smallest absolute Gasteiger partial charge is 0.142 e. The largest absolute Gasteiger partial charge is 0.493 e. The lowest BCUT2D eigenvalue weighted by atomic mass is 10.0. The zero-order chi connectivity index (χ0) is 21.2. The molecule has 0 bridgehead atoms. The zero-order valence-corrected chi connectivity index (χ0v) is 18.6. The van der Waals surface area contributed by atoms with Crippen molar-refractivity contribution in [2.45, 2.75) is 48.0 Å². The van der Waals surface area contributed by atoms with Gasteiger partial charge < -0.3 is 14.8 Å². The Hall–Kier alpha value is -2.75. The van der Waals surface area contributed by atoms with Crippen LogP contribution in [0.25, 0.3) is 10.9 Å². The minimum atomic E-state index is 0.774. The molecule has 29 heavy (non-hydrogen) atoms. The van der Waals surface area contributed by atoms with Crippen molar-refractivity contribution < 1.29 is 9.47 Å². The van der Waals surface area contributed by atoms with Gasteiger partial charge in [0, 0.05) is 24.5 Å². The third-order valence-electron chi connectivity index (χ3n) is 4.58. The maximum Gasteiger partial charge on any atom is 0.142 e. The number of pyridine rings is 1. The molecule has 0 radical (unpaired) electrons. The summed E-state index contributed by atoms with van der Waals surface area (Å²) in [4.78, 5) is 4.40. The van der Waals surface area contributed by atoms with E-state index in [-0.39, 0.29) is 0 Å². The first-order chi connectivity index (χ1) is 14.2. The second-order valence-electron chi connectivity index (χ2n) is 6.45. The number of ether oxygens (including phenoxy) is 2. The number of hydrogen-bond acceptors (Lipinski definition) is 4. The van der Waals surface area contributed by atoms with E-state index in [9.17, 15) is 0 Å². The van der Waals surface area contributed by atoms with Crippen LogP contribution in [0.15, 0.2) is 42.6 Å². The van der Waals surface area contributed by atoms with Gasteiger partial charge in [-0.15, -0.1) is 0 Å². The van der Waals surface area contributed by atoms with Crippen LogP contribution < -0.4 is 14.8 Å². The predicted octanol–water partition coefficient (Wildman–Crippen LogP) is 6.33. The second kappa shape index (κ2) is 11.3. The van der Waals surface area contributed by atoms with Crippen molar-refractivity contribution in [3.8, 4) is 11.5 Å². The molecule has 4 heteroatoms. The number of nitrogens with one attached hydrogen (secondary N) is 1. The Morgan fingerprint density at radius 3 is 2.38 bits per heavy atom. The average molecular weight is 395 g/mol. The van der Waals surface area contributed by atoms with Crippen LogP contribution in [0.4, 0.5) is 5.69 Å². The van der Waals surface area contributed by atoms with Crippen LogP contribution in [0.2, 0.25) is 0 Å². The third-order valence-corrected chi connectivity index (χ3v) is 4.58. The van der Waals surface area contributed by atoms with Crippen LogP contribution in [0, 0.1) is 13.8 Å². The Morgan fingerprint density at radius 1 is 0.862 bits per heavy atom. The molecule has 4 nitrogen and oxygen atoms in total. The van der Waals surface area contributed by atoms with Gasteiger partial charge in [0.1, 0.15) is 18.1 Å². The van der Waals surface area contributed by atoms with Crippen molar-refractivity contribution in [3.05, 3.63) is 59.3 Å². The van der Waals surface area contributed by atoms with E-state index >= 15 is 0 Å². The Labute approximate surface area is 175 Å². The minimum absolute atomic E-state index is 0.774. The van der Waals surface area contributed by atoms with Gasteiger partial charge in [-0.1, -0.05) is 39.8 Å². The third kappa shape index (κ3) is 5.41. The summed E-state index contributed by atoms with van der Waals surface area (Å²) in [7, 11) is 0. The van der Waals surface area contributed by atoms with Gasteiger partial charge in [-0.3, -0.25) is 4.98 Å². The molecule has 0 unspecified atom stereocenters. The molecule has 0 spiro atoms. The summed E-state index contributed by atoms with van der Waals surface area (Å²) in [5, 5.41) is 4.49. The molecule has 1 N–H and O–H groups in total. The molecule has 0 saturated heterocycles. The van der Waals surface area contributed by atoms with E-state index < -0.39 is 0 Å². The van der Waals surface area contributed by atoms with E-state index in [0.29, 0.717) is 0 Å². The first-order valence-corrected chi connectivity index (χ1v) is 10.7. The molecule has 0 aliphatic carbocycles. The summed E-state index contributed by atoms with van der Waals surface area (Å²) < 4.78 is 11.0. The van der Waals surface area contributed by atoms with Gasteiger partial charge in [0.25, 0.3) is 0 Å². The lowest BCUT2D eigenvalue weighted by Crippen LogP contribution is -2.17. The highest BCUT2D eigenvalue weighted by Gasteiger charge is 2.14. The monoisotopic (exact) mass is 394 g/mol. The van der Waals surface area contributed by atoms with Crippen LogP contribution in [0.1, 0.15) is 44.4 Å². The maximum absolute atomic E-state index is 5.61. The molecule has 3 aromatic rings. The molecule has 0 atom stereocenters. The summed E-state index contributed by atoms with van der Waals surface area (Å²) in [6, 6.07) is 12.4. The molecule has 5 rings (SSSR count). The number of nitrogens with zero attached hydrogens (tertiary/aromatic N) is 1. The second-order valence-corrected chi connectivity index (χ2v) is 6.45. The Morgan fingerprint density at radius 2 is 1.59 bits per heavy atom. The summed E-state index contributed by atoms with van der Waals surface area (Å²) in [6.07, 6.45) is 2.88. The highest BCUT2D eigenvalue weighted by atomic mass is 16.5. The fourth-order valence-electron chi connectivity index (χ4n) is 3.29. The highest BCUT2D eigenvalue weighted by Crippen LogP contribution is 2.33. The standard InChI is InChI=1S/C12H11NO.C9H11NO.2C2H6/c1-8-2-3-10-11-9(5-7-14-10)4-6-13-12(8)11;1-7-2-3-9-8(6-7)10-4-5-11-9;2*1-2/h2-4,6H,5,7H2,1H3;2-3,6,10H,4-5H2,1H3;2*1-2H3. The zero-order valence-electron chi connectivity index (χ0n) is 18.6. The van der Waals surface area contributed by atoms with Gasteiger partial charge >= 0.3 is 0 Å².